The van der Waals surface area contributed by atoms with Crippen molar-refractivity contribution < 1.29 is 4.74 Å². The molecule has 1 aliphatic rings. The highest BCUT2D eigenvalue weighted by atomic mass is 16.5. The topological polar surface area (TPSA) is 60.2 Å². The van der Waals surface area contributed by atoms with E-state index in [-0.39, 0.29) is 5.54 Å². The van der Waals surface area contributed by atoms with Crippen molar-refractivity contribution in [2.45, 2.75) is 32.2 Å². The monoisotopic (exact) mass is 221 g/mol. The molecule has 0 aromatic carbocycles. The van der Waals surface area contributed by atoms with E-state index in [4.69, 9.17) is 10.5 Å². The molecule has 0 amide bonds. The SMILES string of the molecule is Cc1cc(NC2(C)CCOCC2)ncc1N. The van der Waals surface area contributed by atoms with E-state index in [1.807, 2.05) is 13.0 Å². The number of nitrogen functional groups attached to an aromatic ring is 1. The summed E-state index contributed by atoms with van der Waals surface area (Å²) in [4.78, 5) is 4.30. The maximum atomic E-state index is 5.74. The summed E-state index contributed by atoms with van der Waals surface area (Å²) < 4.78 is 5.37. The standard InChI is InChI=1S/C12H19N3O/c1-9-7-11(14-8-10(9)13)15-12(2)3-5-16-6-4-12/h7-8H,3-6,13H2,1-2H3,(H,14,15). The molecule has 2 heterocycles. The minimum absolute atomic E-state index is 0.0911. The second-order valence-electron chi connectivity index (χ2n) is 4.72. The molecule has 4 heteroatoms. The minimum atomic E-state index is 0.0911. The zero-order valence-corrected chi connectivity index (χ0v) is 9.92. The molecule has 0 saturated carbocycles. The Morgan fingerprint density at radius 2 is 2.12 bits per heavy atom. The summed E-state index contributed by atoms with van der Waals surface area (Å²) in [6, 6.07) is 2.00. The minimum Gasteiger partial charge on any atom is -0.397 e. The third-order valence-electron chi connectivity index (χ3n) is 3.18. The number of rotatable bonds is 2. The number of pyridine rings is 1. The zero-order chi connectivity index (χ0) is 11.6. The molecule has 1 saturated heterocycles. The Hall–Kier alpha value is -1.29. The predicted molar refractivity (Wildman–Crippen MR) is 65.5 cm³/mol. The summed E-state index contributed by atoms with van der Waals surface area (Å²) in [7, 11) is 0. The Morgan fingerprint density at radius 3 is 2.75 bits per heavy atom. The van der Waals surface area contributed by atoms with Crippen LogP contribution in [0.15, 0.2) is 12.3 Å². The van der Waals surface area contributed by atoms with Gasteiger partial charge in [0.05, 0.1) is 11.9 Å². The average Bonchev–Trinajstić information content (AvgIpc) is 2.24. The van der Waals surface area contributed by atoms with Crippen LogP contribution in [0, 0.1) is 6.92 Å². The van der Waals surface area contributed by atoms with Crippen LogP contribution in [0.25, 0.3) is 0 Å². The van der Waals surface area contributed by atoms with Crippen LogP contribution < -0.4 is 11.1 Å². The lowest BCUT2D eigenvalue weighted by Crippen LogP contribution is -2.40. The van der Waals surface area contributed by atoms with Crippen molar-refractivity contribution in [1.82, 2.24) is 4.98 Å². The Labute approximate surface area is 96.2 Å². The van der Waals surface area contributed by atoms with Gasteiger partial charge in [-0.05, 0) is 38.3 Å². The van der Waals surface area contributed by atoms with Gasteiger partial charge in [-0.25, -0.2) is 4.98 Å². The molecule has 3 N–H and O–H groups in total. The number of anilines is 2. The van der Waals surface area contributed by atoms with Crippen molar-refractivity contribution in [1.29, 1.82) is 0 Å². The first-order valence-corrected chi connectivity index (χ1v) is 5.67. The van der Waals surface area contributed by atoms with Crippen LogP contribution in [-0.2, 0) is 4.74 Å². The summed E-state index contributed by atoms with van der Waals surface area (Å²) in [6.07, 6.45) is 3.73. The fraction of sp³-hybridized carbons (Fsp3) is 0.583. The van der Waals surface area contributed by atoms with Crippen LogP contribution >= 0.6 is 0 Å². The number of aryl methyl sites for hydroxylation is 1. The summed E-state index contributed by atoms with van der Waals surface area (Å²) in [5.74, 6) is 0.899. The van der Waals surface area contributed by atoms with Gasteiger partial charge in [0, 0.05) is 18.8 Å². The molecular weight excluding hydrogens is 202 g/mol. The van der Waals surface area contributed by atoms with Crippen molar-refractivity contribution in [2.75, 3.05) is 24.3 Å². The fourth-order valence-electron chi connectivity index (χ4n) is 1.89. The molecule has 1 fully saturated rings. The van der Waals surface area contributed by atoms with Crippen molar-refractivity contribution in [3.05, 3.63) is 17.8 Å². The number of hydrogen-bond acceptors (Lipinski definition) is 4. The zero-order valence-electron chi connectivity index (χ0n) is 9.92. The molecule has 1 aromatic rings. The van der Waals surface area contributed by atoms with Gasteiger partial charge < -0.3 is 15.8 Å². The molecule has 0 unspecified atom stereocenters. The van der Waals surface area contributed by atoms with Crippen LogP contribution in [0.5, 0.6) is 0 Å². The molecule has 2 rings (SSSR count). The molecular formula is C12H19N3O. The van der Waals surface area contributed by atoms with E-state index in [2.05, 4.69) is 17.2 Å². The van der Waals surface area contributed by atoms with E-state index >= 15 is 0 Å². The quantitative estimate of drug-likeness (QED) is 0.801. The van der Waals surface area contributed by atoms with Gasteiger partial charge in [-0.15, -0.1) is 0 Å². The van der Waals surface area contributed by atoms with E-state index in [0.29, 0.717) is 0 Å². The highest BCUT2D eigenvalue weighted by Crippen LogP contribution is 2.25. The highest BCUT2D eigenvalue weighted by molar-refractivity contribution is 5.51. The van der Waals surface area contributed by atoms with Gasteiger partial charge in [-0.1, -0.05) is 0 Å². The lowest BCUT2D eigenvalue weighted by molar-refractivity contribution is 0.0657. The second kappa shape index (κ2) is 4.29. The van der Waals surface area contributed by atoms with Crippen LogP contribution in [0.4, 0.5) is 11.5 Å². The number of nitrogens with two attached hydrogens (primary N) is 1. The van der Waals surface area contributed by atoms with Crippen molar-refractivity contribution in [3.8, 4) is 0 Å². The lowest BCUT2D eigenvalue weighted by Gasteiger charge is -2.35. The average molecular weight is 221 g/mol. The number of ether oxygens (including phenoxy) is 1. The van der Waals surface area contributed by atoms with Crippen LogP contribution in [0.3, 0.4) is 0 Å². The van der Waals surface area contributed by atoms with Gasteiger partial charge in [0.1, 0.15) is 5.82 Å². The Morgan fingerprint density at radius 1 is 1.44 bits per heavy atom. The van der Waals surface area contributed by atoms with Gasteiger partial charge in [0.15, 0.2) is 0 Å². The maximum absolute atomic E-state index is 5.74. The summed E-state index contributed by atoms with van der Waals surface area (Å²) in [5.41, 5.74) is 7.64. The third-order valence-corrected chi connectivity index (χ3v) is 3.18. The molecule has 88 valence electrons. The third kappa shape index (κ3) is 2.44. The molecule has 0 bridgehead atoms. The Bertz CT molecular complexity index is 373. The molecule has 4 nitrogen and oxygen atoms in total. The van der Waals surface area contributed by atoms with Crippen molar-refractivity contribution >= 4 is 11.5 Å². The van der Waals surface area contributed by atoms with Gasteiger partial charge in [-0.3, -0.25) is 0 Å². The van der Waals surface area contributed by atoms with Crippen molar-refractivity contribution in [2.24, 2.45) is 0 Å². The normalized spacial score (nSPS) is 19.4. The van der Waals surface area contributed by atoms with E-state index in [0.717, 1.165) is 43.1 Å². The Kier molecular flexibility index (Phi) is 3.01. The molecule has 0 spiro atoms. The first kappa shape index (κ1) is 11.2. The molecule has 0 aliphatic carbocycles. The maximum Gasteiger partial charge on any atom is 0.126 e. The molecule has 0 atom stereocenters. The summed E-state index contributed by atoms with van der Waals surface area (Å²) in [6.45, 7) is 5.84. The first-order valence-electron chi connectivity index (χ1n) is 5.67. The van der Waals surface area contributed by atoms with Gasteiger partial charge >= 0.3 is 0 Å². The van der Waals surface area contributed by atoms with Crippen LogP contribution in [-0.4, -0.2) is 23.7 Å². The molecule has 1 aliphatic heterocycles. The highest BCUT2D eigenvalue weighted by Gasteiger charge is 2.27. The molecule has 0 radical (unpaired) electrons. The van der Waals surface area contributed by atoms with Gasteiger partial charge in [0.2, 0.25) is 0 Å². The number of aromatic nitrogens is 1. The Balaban J connectivity index is 2.10. The van der Waals surface area contributed by atoms with Crippen LogP contribution in [0.1, 0.15) is 25.3 Å². The summed E-state index contributed by atoms with van der Waals surface area (Å²) >= 11 is 0. The van der Waals surface area contributed by atoms with E-state index in [9.17, 15) is 0 Å². The second-order valence-corrected chi connectivity index (χ2v) is 4.72. The van der Waals surface area contributed by atoms with Gasteiger partial charge in [-0.2, -0.15) is 0 Å². The largest absolute Gasteiger partial charge is 0.397 e. The van der Waals surface area contributed by atoms with E-state index in [1.165, 1.54) is 0 Å². The first-order chi connectivity index (χ1) is 7.59. The number of nitrogens with zero attached hydrogens (tertiary/aromatic N) is 1. The molecule has 16 heavy (non-hydrogen) atoms. The molecule has 1 aromatic heterocycles. The number of hydrogen-bond donors (Lipinski definition) is 2. The smallest absolute Gasteiger partial charge is 0.126 e. The van der Waals surface area contributed by atoms with E-state index in [1.54, 1.807) is 6.20 Å². The van der Waals surface area contributed by atoms with E-state index < -0.39 is 0 Å². The van der Waals surface area contributed by atoms with Crippen molar-refractivity contribution in [3.63, 3.8) is 0 Å². The number of nitrogens with one attached hydrogen (secondary N) is 1. The van der Waals surface area contributed by atoms with Crippen LogP contribution in [0.2, 0.25) is 0 Å². The fourth-order valence-corrected chi connectivity index (χ4v) is 1.89. The summed E-state index contributed by atoms with van der Waals surface area (Å²) in [5, 5.41) is 3.48. The van der Waals surface area contributed by atoms with Gasteiger partial charge in [0.25, 0.3) is 0 Å². The lowest BCUT2D eigenvalue weighted by atomic mass is 9.92. The predicted octanol–water partition coefficient (Wildman–Crippen LogP) is 1.95.